The number of rotatable bonds is 3. The Kier molecular flexibility index (Phi) is 4.40. The Morgan fingerprint density at radius 1 is 1.03 bits per heavy atom. The van der Waals surface area contributed by atoms with Gasteiger partial charge in [-0.05, 0) is 61.3 Å². The van der Waals surface area contributed by atoms with Gasteiger partial charge in [-0.1, -0.05) is 29.5 Å². The lowest BCUT2D eigenvalue weighted by atomic mass is 9.74. The third-order valence-electron chi connectivity index (χ3n) is 7.20. The first-order chi connectivity index (χ1) is 17.2. The average molecular weight is 463 g/mol. The molecule has 0 bridgehead atoms. The maximum absolute atomic E-state index is 12.9. The van der Waals surface area contributed by atoms with Crippen LogP contribution >= 0.6 is 0 Å². The number of hydrogen-bond acceptors (Lipinski definition) is 7. The lowest BCUT2D eigenvalue weighted by Crippen LogP contribution is -2.44. The summed E-state index contributed by atoms with van der Waals surface area (Å²) in [4.78, 5) is 26.6. The number of carbonyl (C=O) groups excluding carboxylic acids is 1. The van der Waals surface area contributed by atoms with E-state index in [2.05, 4.69) is 43.0 Å². The van der Waals surface area contributed by atoms with Gasteiger partial charge in [-0.25, -0.2) is 14.6 Å². The van der Waals surface area contributed by atoms with E-state index in [1.54, 1.807) is 17.1 Å². The number of nitrogens with zero attached hydrogens (tertiary/aromatic N) is 6. The number of carbonyl (C=O) groups is 1. The minimum Gasteiger partial charge on any atom is -0.325 e. The number of amides is 1. The molecular weight excluding hydrogens is 440 g/mol. The Balaban J connectivity index is 1.24. The molecule has 1 fully saturated rings. The summed E-state index contributed by atoms with van der Waals surface area (Å²) >= 11 is 0. The summed E-state index contributed by atoms with van der Waals surface area (Å²) < 4.78 is 1.77. The molecule has 9 heteroatoms. The van der Waals surface area contributed by atoms with Crippen molar-refractivity contribution in [1.29, 1.82) is 0 Å². The minimum absolute atomic E-state index is 0.0977. The summed E-state index contributed by atoms with van der Waals surface area (Å²) in [5.41, 5.74) is 6.29. The highest BCUT2D eigenvalue weighted by atomic mass is 16.2. The second-order valence-corrected chi connectivity index (χ2v) is 9.23. The summed E-state index contributed by atoms with van der Waals surface area (Å²) in [6, 6.07) is 16.2. The van der Waals surface area contributed by atoms with Crippen LogP contribution in [0.15, 0.2) is 60.9 Å². The van der Waals surface area contributed by atoms with Gasteiger partial charge in [-0.2, -0.15) is 0 Å². The number of benzene rings is 2. The van der Waals surface area contributed by atoms with Crippen molar-refractivity contribution in [3.63, 3.8) is 0 Å². The molecular formula is C26H22N8O. The van der Waals surface area contributed by atoms with E-state index in [1.807, 2.05) is 36.4 Å². The Labute approximate surface area is 200 Å². The molecule has 5 aromatic rings. The van der Waals surface area contributed by atoms with Gasteiger partial charge in [0.15, 0.2) is 5.65 Å². The highest BCUT2D eigenvalue weighted by Gasteiger charge is 2.47. The molecule has 2 aromatic carbocycles. The lowest BCUT2D eigenvalue weighted by Gasteiger charge is -2.32. The summed E-state index contributed by atoms with van der Waals surface area (Å²) in [6.07, 6.45) is 5.13. The standard InChI is InChI=1S/C26H22N8O/c35-25-26(7-10-27-11-8-26)19-5-4-18(13-21(19)31-25)22-14-29-23-24(30-22)34(33-32-23)15-16-3-6-20-17(12-16)2-1-9-28-20/h1-6,9,12-14,27H,7-8,10-11,15H2,(H,31,35). The van der Waals surface area contributed by atoms with E-state index in [-0.39, 0.29) is 5.91 Å². The fourth-order valence-corrected chi connectivity index (χ4v) is 5.34. The molecule has 7 rings (SSSR count). The number of pyridine rings is 1. The number of anilines is 1. The molecule has 0 radical (unpaired) electrons. The highest BCUT2D eigenvalue weighted by Crippen LogP contribution is 2.44. The summed E-state index contributed by atoms with van der Waals surface area (Å²) in [5.74, 6) is 0.0977. The van der Waals surface area contributed by atoms with E-state index in [0.717, 1.165) is 59.2 Å². The zero-order valence-corrected chi connectivity index (χ0v) is 18.9. The molecule has 1 saturated heterocycles. The second-order valence-electron chi connectivity index (χ2n) is 9.23. The number of hydrogen-bond donors (Lipinski definition) is 2. The molecule has 2 aliphatic heterocycles. The number of piperidine rings is 1. The van der Waals surface area contributed by atoms with Crippen LogP contribution in [0.4, 0.5) is 5.69 Å². The van der Waals surface area contributed by atoms with Crippen LogP contribution in [0.2, 0.25) is 0 Å². The van der Waals surface area contributed by atoms with Crippen LogP contribution < -0.4 is 10.6 Å². The van der Waals surface area contributed by atoms with Gasteiger partial charge >= 0.3 is 0 Å². The van der Waals surface area contributed by atoms with Gasteiger partial charge in [0.05, 0.1) is 29.4 Å². The van der Waals surface area contributed by atoms with E-state index in [4.69, 9.17) is 4.98 Å². The van der Waals surface area contributed by atoms with Crippen molar-refractivity contribution in [1.82, 2.24) is 35.3 Å². The van der Waals surface area contributed by atoms with Crippen LogP contribution in [-0.2, 0) is 16.8 Å². The van der Waals surface area contributed by atoms with E-state index < -0.39 is 5.41 Å². The Bertz CT molecular complexity index is 1620. The Morgan fingerprint density at radius 3 is 2.86 bits per heavy atom. The zero-order valence-electron chi connectivity index (χ0n) is 18.9. The van der Waals surface area contributed by atoms with E-state index in [0.29, 0.717) is 23.5 Å². The largest absolute Gasteiger partial charge is 0.325 e. The van der Waals surface area contributed by atoms with Crippen LogP contribution in [0, 0.1) is 0 Å². The van der Waals surface area contributed by atoms with Gasteiger partial charge in [0.2, 0.25) is 11.6 Å². The van der Waals surface area contributed by atoms with Crippen molar-refractivity contribution in [3.8, 4) is 11.3 Å². The molecule has 2 aliphatic rings. The molecule has 0 aliphatic carbocycles. The fourth-order valence-electron chi connectivity index (χ4n) is 5.34. The van der Waals surface area contributed by atoms with Gasteiger partial charge in [-0.3, -0.25) is 9.78 Å². The smallest absolute Gasteiger partial charge is 0.235 e. The predicted octanol–water partition coefficient (Wildman–Crippen LogP) is 3.06. The molecule has 9 nitrogen and oxygen atoms in total. The van der Waals surface area contributed by atoms with Crippen molar-refractivity contribution < 1.29 is 4.79 Å². The fraction of sp³-hybridized carbons (Fsp3) is 0.231. The molecule has 5 heterocycles. The molecule has 0 unspecified atom stereocenters. The monoisotopic (exact) mass is 462 g/mol. The summed E-state index contributed by atoms with van der Waals surface area (Å²) in [6.45, 7) is 2.22. The lowest BCUT2D eigenvalue weighted by molar-refractivity contribution is -0.121. The summed E-state index contributed by atoms with van der Waals surface area (Å²) in [5, 5.41) is 16.0. The molecule has 0 saturated carbocycles. The van der Waals surface area contributed by atoms with Gasteiger partial charge in [0, 0.05) is 22.8 Å². The number of nitrogens with one attached hydrogen (secondary N) is 2. The maximum Gasteiger partial charge on any atom is 0.235 e. The highest BCUT2D eigenvalue weighted by molar-refractivity contribution is 6.07. The Morgan fingerprint density at radius 2 is 1.94 bits per heavy atom. The van der Waals surface area contributed by atoms with Crippen LogP contribution in [0.25, 0.3) is 33.5 Å². The SMILES string of the molecule is O=C1Nc2cc(-c3cnc4nnn(Cc5ccc6ncccc6c5)c4n3)ccc2C12CCNCC2. The first-order valence-corrected chi connectivity index (χ1v) is 11.8. The number of aromatic nitrogens is 6. The van der Waals surface area contributed by atoms with E-state index in [9.17, 15) is 4.79 Å². The van der Waals surface area contributed by atoms with Crippen molar-refractivity contribution >= 4 is 33.8 Å². The van der Waals surface area contributed by atoms with Gasteiger partial charge < -0.3 is 10.6 Å². The summed E-state index contributed by atoms with van der Waals surface area (Å²) in [7, 11) is 0. The van der Waals surface area contributed by atoms with Crippen LogP contribution in [0.1, 0.15) is 24.0 Å². The first-order valence-electron chi connectivity index (χ1n) is 11.8. The predicted molar refractivity (Wildman–Crippen MR) is 132 cm³/mol. The average Bonchev–Trinajstić information content (AvgIpc) is 3.42. The third-order valence-corrected chi connectivity index (χ3v) is 7.20. The van der Waals surface area contributed by atoms with Crippen LogP contribution in [-0.4, -0.2) is 48.9 Å². The molecule has 35 heavy (non-hydrogen) atoms. The molecule has 1 amide bonds. The van der Waals surface area contributed by atoms with Crippen molar-refractivity contribution in [2.45, 2.75) is 24.8 Å². The zero-order chi connectivity index (χ0) is 23.4. The molecule has 172 valence electrons. The topological polar surface area (TPSA) is 111 Å². The third kappa shape index (κ3) is 3.19. The molecule has 1 spiro atoms. The van der Waals surface area contributed by atoms with Crippen molar-refractivity contribution in [2.75, 3.05) is 18.4 Å². The molecule has 2 N–H and O–H groups in total. The van der Waals surface area contributed by atoms with E-state index in [1.165, 1.54) is 0 Å². The van der Waals surface area contributed by atoms with Gasteiger partial charge in [0.25, 0.3) is 0 Å². The van der Waals surface area contributed by atoms with Gasteiger partial charge in [-0.15, -0.1) is 5.10 Å². The second kappa shape index (κ2) is 7.64. The normalized spacial score (nSPS) is 16.6. The Hall–Kier alpha value is -4.24. The molecule has 0 atom stereocenters. The molecule has 3 aromatic heterocycles. The van der Waals surface area contributed by atoms with Crippen LogP contribution in [0.3, 0.4) is 0 Å². The minimum atomic E-state index is -0.424. The van der Waals surface area contributed by atoms with Gasteiger partial charge in [0.1, 0.15) is 0 Å². The first kappa shape index (κ1) is 20.2. The maximum atomic E-state index is 12.9. The van der Waals surface area contributed by atoms with Crippen molar-refractivity contribution in [3.05, 3.63) is 72.1 Å². The van der Waals surface area contributed by atoms with Crippen LogP contribution in [0.5, 0.6) is 0 Å². The number of fused-ring (bicyclic) bond motifs is 4. The van der Waals surface area contributed by atoms with Crippen molar-refractivity contribution in [2.24, 2.45) is 0 Å². The van der Waals surface area contributed by atoms with E-state index >= 15 is 0 Å². The quantitative estimate of drug-likeness (QED) is 0.424.